The lowest BCUT2D eigenvalue weighted by atomic mass is 10.00. The van der Waals surface area contributed by atoms with Gasteiger partial charge in [0.15, 0.2) is 6.54 Å². The van der Waals surface area contributed by atoms with Crippen LogP contribution in [0.2, 0.25) is 0 Å². The molecule has 22 heavy (non-hydrogen) atoms. The molecule has 2 N–H and O–H groups in total. The van der Waals surface area contributed by atoms with Crippen LogP contribution in [0.3, 0.4) is 0 Å². The molecule has 0 fully saturated rings. The van der Waals surface area contributed by atoms with Crippen molar-refractivity contribution in [3.8, 4) is 0 Å². The summed E-state index contributed by atoms with van der Waals surface area (Å²) in [4.78, 5) is 13.4. The molecule has 1 heterocycles. The normalized spacial score (nSPS) is 16.9. The van der Waals surface area contributed by atoms with E-state index in [0.717, 1.165) is 19.5 Å². The Hall–Kier alpha value is -2.20. The molecule has 4 heteroatoms. The van der Waals surface area contributed by atoms with Gasteiger partial charge in [-0.3, -0.25) is 4.79 Å². The second-order valence-electron chi connectivity index (χ2n) is 5.88. The van der Waals surface area contributed by atoms with Crippen molar-refractivity contribution in [1.82, 2.24) is 0 Å². The molecule has 2 aromatic carbocycles. The largest absolute Gasteiger partial charge is 0.323 e. The Kier molecular flexibility index (Phi) is 4.20. The maximum absolute atomic E-state index is 13.5. The number of nitrogens with one attached hydrogen (secondary N) is 2. The molecule has 1 atom stereocenters. The Morgan fingerprint density at radius 1 is 1.23 bits per heavy atom. The van der Waals surface area contributed by atoms with Crippen LogP contribution in [-0.2, 0) is 17.8 Å². The minimum absolute atomic E-state index is 0.0716. The first-order valence-electron chi connectivity index (χ1n) is 7.58. The number of aryl methyl sites for hydroxylation is 1. The fourth-order valence-corrected chi connectivity index (χ4v) is 2.90. The van der Waals surface area contributed by atoms with Gasteiger partial charge < -0.3 is 10.2 Å². The second kappa shape index (κ2) is 6.28. The maximum Gasteiger partial charge on any atom is 0.279 e. The standard InChI is InChI=1S/C18H19FN2O/c1-13-6-7-16(10-17(13)19)20-18(22)12-21-9-8-14-4-2-3-5-15(14)11-21/h2-7,10H,8-9,11-12H2,1H3,(H,20,22)/p+1. The number of benzene rings is 2. The molecule has 0 aliphatic carbocycles. The topological polar surface area (TPSA) is 33.5 Å². The molecule has 1 aliphatic rings. The number of hydrogen-bond donors (Lipinski definition) is 2. The SMILES string of the molecule is Cc1ccc(NC(=O)C[NH+]2CCc3ccccc3C2)cc1F. The molecule has 0 saturated carbocycles. The number of rotatable bonds is 3. The molecule has 0 radical (unpaired) electrons. The van der Waals surface area contributed by atoms with Crippen LogP contribution in [0.1, 0.15) is 16.7 Å². The summed E-state index contributed by atoms with van der Waals surface area (Å²) >= 11 is 0. The minimum atomic E-state index is -0.294. The van der Waals surface area contributed by atoms with Gasteiger partial charge >= 0.3 is 0 Å². The van der Waals surface area contributed by atoms with Crippen molar-refractivity contribution in [2.24, 2.45) is 0 Å². The second-order valence-corrected chi connectivity index (χ2v) is 5.88. The monoisotopic (exact) mass is 299 g/mol. The Bertz CT molecular complexity index is 699. The highest BCUT2D eigenvalue weighted by Crippen LogP contribution is 2.13. The molecule has 0 saturated heterocycles. The van der Waals surface area contributed by atoms with Crippen molar-refractivity contribution in [3.05, 3.63) is 65.0 Å². The summed E-state index contributed by atoms with van der Waals surface area (Å²) in [5.41, 5.74) is 3.80. The van der Waals surface area contributed by atoms with Crippen molar-refractivity contribution >= 4 is 11.6 Å². The molecule has 0 spiro atoms. The van der Waals surface area contributed by atoms with Crippen LogP contribution in [0.4, 0.5) is 10.1 Å². The van der Waals surface area contributed by atoms with Gasteiger partial charge in [-0.1, -0.05) is 30.3 Å². The summed E-state index contributed by atoms with van der Waals surface area (Å²) in [5, 5.41) is 2.78. The summed E-state index contributed by atoms with van der Waals surface area (Å²) in [6, 6.07) is 13.2. The molecule has 0 bridgehead atoms. The van der Waals surface area contributed by atoms with Gasteiger partial charge in [-0.2, -0.15) is 0 Å². The highest BCUT2D eigenvalue weighted by Gasteiger charge is 2.21. The van der Waals surface area contributed by atoms with Gasteiger partial charge in [0.25, 0.3) is 5.91 Å². The van der Waals surface area contributed by atoms with Gasteiger partial charge in [0.2, 0.25) is 0 Å². The Morgan fingerprint density at radius 3 is 2.77 bits per heavy atom. The van der Waals surface area contributed by atoms with Gasteiger partial charge in [-0.25, -0.2) is 4.39 Å². The first-order chi connectivity index (χ1) is 10.6. The lowest BCUT2D eigenvalue weighted by Gasteiger charge is -2.25. The van der Waals surface area contributed by atoms with E-state index in [1.54, 1.807) is 19.1 Å². The van der Waals surface area contributed by atoms with E-state index in [9.17, 15) is 9.18 Å². The number of carbonyl (C=O) groups excluding carboxylic acids is 1. The zero-order chi connectivity index (χ0) is 15.5. The number of anilines is 1. The molecule has 2 aromatic rings. The third-order valence-electron chi connectivity index (χ3n) is 4.17. The number of fused-ring (bicyclic) bond motifs is 1. The van der Waals surface area contributed by atoms with E-state index in [-0.39, 0.29) is 11.7 Å². The molecule has 1 amide bonds. The van der Waals surface area contributed by atoms with Gasteiger partial charge in [0.1, 0.15) is 12.4 Å². The molecule has 3 rings (SSSR count). The van der Waals surface area contributed by atoms with Crippen molar-refractivity contribution in [2.75, 3.05) is 18.4 Å². The Balaban J connectivity index is 1.59. The fourth-order valence-electron chi connectivity index (χ4n) is 2.90. The first kappa shape index (κ1) is 14.7. The van der Waals surface area contributed by atoms with Crippen LogP contribution < -0.4 is 10.2 Å². The number of carbonyl (C=O) groups is 1. The first-order valence-corrected chi connectivity index (χ1v) is 7.58. The summed E-state index contributed by atoms with van der Waals surface area (Å²) in [5.74, 6) is -0.366. The molecule has 1 aliphatic heterocycles. The van der Waals surface area contributed by atoms with E-state index in [2.05, 4.69) is 23.5 Å². The highest BCUT2D eigenvalue weighted by atomic mass is 19.1. The lowest BCUT2D eigenvalue weighted by molar-refractivity contribution is -0.907. The van der Waals surface area contributed by atoms with Crippen LogP contribution in [0.25, 0.3) is 0 Å². The van der Waals surface area contributed by atoms with Crippen LogP contribution >= 0.6 is 0 Å². The molecular formula is C18H20FN2O+. The Morgan fingerprint density at radius 2 is 2.00 bits per heavy atom. The van der Waals surface area contributed by atoms with Gasteiger partial charge in [-0.05, 0) is 30.2 Å². The maximum atomic E-state index is 13.5. The highest BCUT2D eigenvalue weighted by molar-refractivity contribution is 5.91. The number of amides is 1. The number of halogens is 1. The van der Waals surface area contributed by atoms with E-state index in [1.165, 1.54) is 22.1 Å². The van der Waals surface area contributed by atoms with Crippen LogP contribution in [0.15, 0.2) is 42.5 Å². The lowest BCUT2D eigenvalue weighted by Crippen LogP contribution is -3.12. The third-order valence-corrected chi connectivity index (χ3v) is 4.17. The Labute approximate surface area is 129 Å². The average molecular weight is 299 g/mol. The van der Waals surface area contributed by atoms with Gasteiger partial charge in [-0.15, -0.1) is 0 Å². The number of quaternary nitrogens is 1. The minimum Gasteiger partial charge on any atom is -0.323 e. The van der Waals surface area contributed by atoms with E-state index in [4.69, 9.17) is 0 Å². The van der Waals surface area contributed by atoms with Crippen molar-refractivity contribution < 1.29 is 14.1 Å². The molecule has 3 nitrogen and oxygen atoms in total. The molecule has 1 unspecified atom stereocenters. The van der Waals surface area contributed by atoms with Crippen LogP contribution in [-0.4, -0.2) is 19.0 Å². The van der Waals surface area contributed by atoms with Crippen LogP contribution in [0.5, 0.6) is 0 Å². The van der Waals surface area contributed by atoms with E-state index in [0.29, 0.717) is 17.8 Å². The molecule has 114 valence electrons. The van der Waals surface area contributed by atoms with Gasteiger partial charge in [0.05, 0.1) is 6.54 Å². The predicted octanol–water partition coefficient (Wildman–Crippen LogP) is 1.71. The zero-order valence-corrected chi connectivity index (χ0v) is 12.7. The van der Waals surface area contributed by atoms with Crippen molar-refractivity contribution in [1.29, 1.82) is 0 Å². The van der Waals surface area contributed by atoms with Gasteiger partial charge in [0, 0.05) is 17.7 Å². The number of hydrogen-bond acceptors (Lipinski definition) is 1. The summed E-state index contributed by atoms with van der Waals surface area (Å²) < 4.78 is 13.5. The summed E-state index contributed by atoms with van der Waals surface area (Å²) in [6.07, 6.45) is 0.998. The van der Waals surface area contributed by atoms with E-state index >= 15 is 0 Å². The van der Waals surface area contributed by atoms with E-state index < -0.39 is 0 Å². The zero-order valence-electron chi connectivity index (χ0n) is 12.7. The third kappa shape index (κ3) is 3.34. The summed E-state index contributed by atoms with van der Waals surface area (Å²) in [6.45, 7) is 3.93. The average Bonchev–Trinajstić information content (AvgIpc) is 2.51. The van der Waals surface area contributed by atoms with E-state index in [1.807, 2.05) is 6.07 Å². The molecular weight excluding hydrogens is 279 g/mol. The fraction of sp³-hybridized carbons (Fsp3) is 0.278. The van der Waals surface area contributed by atoms with Crippen molar-refractivity contribution in [3.63, 3.8) is 0 Å². The quantitative estimate of drug-likeness (QED) is 0.889. The molecule has 0 aromatic heterocycles. The predicted molar refractivity (Wildman–Crippen MR) is 84.3 cm³/mol. The van der Waals surface area contributed by atoms with Crippen LogP contribution in [0, 0.1) is 12.7 Å². The summed E-state index contributed by atoms with van der Waals surface area (Å²) in [7, 11) is 0. The van der Waals surface area contributed by atoms with Crippen molar-refractivity contribution in [2.45, 2.75) is 19.9 Å². The smallest absolute Gasteiger partial charge is 0.279 e.